The minimum Gasteiger partial charge on any atom is -0.339 e. The van der Waals surface area contributed by atoms with E-state index in [-0.39, 0.29) is 0 Å². The first-order valence-corrected chi connectivity index (χ1v) is 6.17. The predicted octanol–water partition coefficient (Wildman–Crippen LogP) is 2.56. The summed E-state index contributed by atoms with van der Waals surface area (Å²) in [7, 11) is 0. The predicted molar refractivity (Wildman–Crippen MR) is 61.9 cm³/mol. The quantitative estimate of drug-likeness (QED) is 0.855. The number of hydrogen-bond acceptors (Lipinski definition) is 4. The fourth-order valence-corrected chi connectivity index (χ4v) is 2.29. The van der Waals surface area contributed by atoms with Gasteiger partial charge in [0, 0.05) is 5.92 Å². The first kappa shape index (κ1) is 11.6. The molecule has 2 N–H and O–H groups in total. The van der Waals surface area contributed by atoms with Crippen LogP contribution >= 0.6 is 0 Å². The molecule has 90 valence electrons. The summed E-state index contributed by atoms with van der Waals surface area (Å²) in [6.45, 7) is 6.23. The van der Waals surface area contributed by atoms with Crippen molar-refractivity contribution in [3.63, 3.8) is 0 Å². The van der Waals surface area contributed by atoms with E-state index in [1.165, 1.54) is 12.8 Å². The Hall–Kier alpha value is -0.900. The Morgan fingerprint density at radius 3 is 2.81 bits per heavy atom. The molecule has 0 aliphatic heterocycles. The van der Waals surface area contributed by atoms with Gasteiger partial charge in [-0.2, -0.15) is 4.98 Å². The zero-order valence-corrected chi connectivity index (χ0v) is 10.4. The van der Waals surface area contributed by atoms with Crippen molar-refractivity contribution in [1.82, 2.24) is 10.1 Å². The van der Waals surface area contributed by atoms with Crippen LogP contribution in [0.1, 0.15) is 64.1 Å². The zero-order valence-electron chi connectivity index (χ0n) is 10.4. The van der Waals surface area contributed by atoms with Gasteiger partial charge < -0.3 is 10.3 Å². The van der Waals surface area contributed by atoms with E-state index in [0.717, 1.165) is 18.7 Å². The first-order chi connectivity index (χ1) is 7.54. The molecule has 3 unspecified atom stereocenters. The van der Waals surface area contributed by atoms with E-state index in [9.17, 15) is 0 Å². The van der Waals surface area contributed by atoms with Crippen molar-refractivity contribution >= 4 is 0 Å². The van der Waals surface area contributed by atoms with Crippen molar-refractivity contribution < 1.29 is 4.52 Å². The van der Waals surface area contributed by atoms with Crippen LogP contribution in [0.5, 0.6) is 0 Å². The van der Waals surface area contributed by atoms with Crippen LogP contribution in [0.15, 0.2) is 4.52 Å². The molecule has 0 aromatic carbocycles. The van der Waals surface area contributed by atoms with Crippen LogP contribution in [0.4, 0.5) is 0 Å². The Kier molecular flexibility index (Phi) is 3.02. The monoisotopic (exact) mass is 223 g/mol. The fraction of sp³-hybridized carbons (Fsp3) is 0.833. The van der Waals surface area contributed by atoms with Gasteiger partial charge in [-0.05, 0) is 32.1 Å². The lowest BCUT2D eigenvalue weighted by Gasteiger charge is -2.17. The molecule has 1 heterocycles. The molecule has 1 aromatic rings. The number of rotatable bonds is 3. The third kappa shape index (κ3) is 1.98. The molecule has 1 aliphatic carbocycles. The third-order valence-electron chi connectivity index (χ3n) is 3.87. The number of hydrogen-bond donors (Lipinski definition) is 1. The van der Waals surface area contributed by atoms with Crippen LogP contribution < -0.4 is 5.73 Å². The van der Waals surface area contributed by atoms with Crippen LogP contribution in [0.25, 0.3) is 0 Å². The van der Waals surface area contributed by atoms with Gasteiger partial charge >= 0.3 is 0 Å². The van der Waals surface area contributed by atoms with Gasteiger partial charge in [0.2, 0.25) is 5.89 Å². The molecule has 0 saturated heterocycles. The fourth-order valence-electron chi connectivity index (χ4n) is 2.29. The lowest BCUT2D eigenvalue weighted by Crippen LogP contribution is -2.33. The van der Waals surface area contributed by atoms with Gasteiger partial charge in [-0.3, -0.25) is 0 Å². The summed E-state index contributed by atoms with van der Waals surface area (Å²) in [6.07, 6.45) is 4.50. The second-order valence-electron chi connectivity index (χ2n) is 5.24. The SMILES string of the molecule is CCC(C)(N)c1noc(C2CCCC2C)n1. The summed E-state index contributed by atoms with van der Waals surface area (Å²) in [5.74, 6) is 2.52. The molecule has 0 radical (unpaired) electrons. The molecule has 2 rings (SSSR count). The van der Waals surface area contributed by atoms with Gasteiger partial charge in [0.05, 0.1) is 5.54 Å². The first-order valence-electron chi connectivity index (χ1n) is 6.17. The van der Waals surface area contributed by atoms with Crippen molar-refractivity contribution in [3.05, 3.63) is 11.7 Å². The highest BCUT2D eigenvalue weighted by Gasteiger charge is 2.32. The van der Waals surface area contributed by atoms with E-state index in [4.69, 9.17) is 10.3 Å². The average Bonchev–Trinajstić information content (AvgIpc) is 2.85. The smallest absolute Gasteiger partial charge is 0.230 e. The molecule has 1 aliphatic rings. The van der Waals surface area contributed by atoms with E-state index in [0.29, 0.717) is 17.7 Å². The van der Waals surface area contributed by atoms with E-state index in [1.807, 2.05) is 13.8 Å². The number of nitrogens with two attached hydrogens (primary N) is 1. The number of nitrogens with zero attached hydrogens (tertiary/aromatic N) is 2. The second kappa shape index (κ2) is 4.17. The maximum atomic E-state index is 6.10. The Bertz CT molecular complexity index is 359. The molecule has 1 aromatic heterocycles. The largest absolute Gasteiger partial charge is 0.339 e. The minimum atomic E-state index is -0.469. The molecule has 4 nitrogen and oxygen atoms in total. The minimum absolute atomic E-state index is 0.439. The second-order valence-corrected chi connectivity index (χ2v) is 5.24. The van der Waals surface area contributed by atoms with Crippen LogP contribution in [0.3, 0.4) is 0 Å². The van der Waals surface area contributed by atoms with E-state index in [1.54, 1.807) is 0 Å². The van der Waals surface area contributed by atoms with Gasteiger partial charge in [-0.1, -0.05) is 25.4 Å². The molecule has 16 heavy (non-hydrogen) atoms. The molecule has 0 spiro atoms. The molecule has 3 atom stereocenters. The summed E-state index contributed by atoms with van der Waals surface area (Å²) in [5.41, 5.74) is 5.63. The Balaban J connectivity index is 2.19. The summed E-state index contributed by atoms with van der Waals surface area (Å²) in [4.78, 5) is 4.48. The average molecular weight is 223 g/mol. The normalized spacial score (nSPS) is 29.2. The van der Waals surface area contributed by atoms with Crippen molar-refractivity contribution in [3.8, 4) is 0 Å². The Morgan fingerprint density at radius 2 is 2.25 bits per heavy atom. The summed E-state index contributed by atoms with van der Waals surface area (Å²) in [6, 6.07) is 0. The molecule has 1 fully saturated rings. The van der Waals surface area contributed by atoms with E-state index < -0.39 is 5.54 Å². The van der Waals surface area contributed by atoms with Crippen LogP contribution in [-0.2, 0) is 5.54 Å². The van der Waals surface area contributed by atoms with Crippen molar-refractivity contribution in [2.45, 2.75) is 57.9 Å². The van der Waals surface area contributed by atoms with Crippen LogP contribution in [0.2, 0.25) is 0 Å². The maximum absolute atomic E-state index is 6.10. The van der Waals surface area contributed by atoms with E-state index >= 15 is 0 Å². The summed E-state index contributed by atoms with van der Waals surface area (Å²) < 4.78 is 5.37. The van der Waals surface area contributed by atoms with Gasteiger partial charge in [0.15, 0.2) is 5.82 Å². The Morgan fingerprint density at radius 1 is 1.50 bits per heavy atom. The lowest BCUT2D eigenvalue weighted by molar-refractivity contribution is 0.319. The van der Waals surface area contributed by atoms with Gasteiger partial charge in [0.25, 0.3) is 0 Å². The zero-order chi connectivity index (χ0) is 11.8. The van der Waals surface area contributed by atoms with Gasteiger partial charge in [0.1, 0.15) is 0 Å². The third-order valence-corrected chi connectivity index (χ3v) is 3.87. The van der Waals surface area contributed by atoms with Crippen molar-refractivity contribution in [2.24, 2.45) is 11.7 Å². The van der Waals surface area contributed by atoms with Crippen molar-refractivity contribution in [2.75, 3.05) is 0 Å². The molecule has 0 amide bonds. The lowest BCUT2D eigenvalue weighted by atomic mass is 9.97. The van der Waals surface area contributed by atoms with Crippen LogP contribution in [-0.4, -0.2) is 10.1 Å². The van der Waals surface area contributed by atoms with E-state index in [2.05, 4.69) is 17.1 Å². The maximum Gasteiger partial charge on any atom is 0.230 e. The van der Waals surface area contributed by atoms with Gasteiger partial charge in [-0.15, -0.1) is 0 Å². The molecule has 0 bridgehead atoms. The summed E-state index contributed by atoms with van der Waals surface area (Å²) in [5, 5.41) is 4.03. The highest BCUT2D eigenvalue weighted by Crippen LogP contribution is 2.38. The Labute approximate surface area is 96.6 Å². The molecule has 4 heteroatoms. The van der Waals surface area contributed by atoms with Crippen LogP contribution in [0, 0.1) is 5.92 Å². The van der Waals surface area contributed by atoms with Crippen molar-refractivity contribution in [1.29, 1.82) is 0 Å². The topological polar surface area (TPSA) is 64.9 Å². The van der Waals surface area contributed by atoms with Gasteiger partial charge in [-0.25, -0.2) is 0 Å². The summed E-state index contributed by atoms with van der Waals surface area (Å²) >= 11 is 0. The number of aromatic nitrogens is 2. The molecule has 1 saturated carbocycles. The standard InChI is InChI=1S/C12H21N3O/c1-4-12(3,13)11-14-10(16-15-11)9-7-5-6-8(9)2/h8-9H,4-7,13H2,1-3H3. The molecular weight excluding hydrogens is 202 g/mol. The highest BCUT2D eigenvalue weighted by molar-refractivity contribution is 5.05. The molecular formula is C12H21N3O. The highest BCUT2D eigenvalue weighted by atomic mass is 16.5.